The van der Waals surface area contributed by atoms with Gasteiger partial charge in [0.05, 0.1) is 11.2 Å². The minimum absolute atomic E-state index is 0.661. The number of nitrogens with one attached hydrogen (secondary N) is 1. The van der Waals surface area contributed by atoms with Gasteiger partial charge in [0.2, 0.25) is 5.95 Å². The highest BCUT2D eigenvalue weighted by molar-refractivity contribution is 5.94. The summed E-state index contributed by atoms with van der Waals surface area (Å²) in [6.07, 6.45) is 3.67. The first-order chi connectivity index (χ1) is 9.79. The standard InChI is InChI=1S/C16H16N4/c1-3-17-16-19-10-11(2)15(20-16)13-6-4-8-14-12(13)7-5-9-18-14/h4-10H,3H2,1-2H3,(H,17,19,20). The van der Waals surface area contributed by atoms with Gasteiger partial charge in [0.1, 0.15) is 0 Å². The second-order valence-electron chi connectivity index (χ2n) is 4.63. The van der Waals surface area contributed by atoms with Crippen molar-refractivity contribution >= 4 is 16.9 Å². The second-order valence-corrected chi connectivity index (χ2v) is 4.63. The van der Waals surface area contributed by atoms with E-state index >= 15 is 0 Å². The summed E-state index contributed by atoms with van der Waals surface area (Å²) in [6.45, 7) is 4.87. The maximum absolute atomic E-state index is 4.63. The topological polar surface area (TPSA) is 50.7 Å². The van der Waals surface area contributed by atoms with Crippen LogP contribution in [0.25, 0.3) is 22.2 Å². The molecule has 0 atom stereocenters. The number of nitrogens with zero attached hydrogens (tertiary/aromatic N) is 3. The van der Waals surface area contributed by atoms with E-state index in [-0.39, 0.29) is 0 Å². The maximum Gasteiger partial charge on any atom is 0.223 e. The normalized spacial score (nSPS) is 10.7. The molecule has 0 aliphatic rings. The van der Waals surface area contributed by atoms with Crippen molar-refractivity contribution in [2.45, 2.75) is 13.8 Å². The predicted molar refractivity (Wildman–Crippen MR) is 81.7 cm³/mol. The first-order valence-corrected chi connectivity index (χ1v) is 6.71. The van der Waals surface area contributed by atoms with Crippen LogP contribution in [0.5, 0.6) is 0 Å². The highest BCUT2D eigenvalue weighted by Gasteiger charge is 2.09. The highest BCUT2D eigenvalue weighted by atomic mass is 15.1. The minimum Gasteiger partial charge on any atom is -0.354 e. The van der Waals surface area contributed by atoms with Crippen LogP contribution in [0.3, 0.4) is 0 Å². The monoisotopic (exact) mass is 264 g/mol. The van der Waals surface area contributed by atoms with Crippen molar-refractivity contribution < 1.29 is 0 Å². The Morgan fingerprint density at radius 2 is 2.00 bits per heavy atom. The molecule has 0 saturated carbocycles. The van der Waals surface area contributed by atoms with Crippen LogP contribution in [-0.4, -0.2) is 21.5 Å². The largest absolute Gasteiger partial charge is 0.354 e. The quantitative estimate of drug-likeness (QED) is 0.787. The summed E-state index contributed by atoms with van der Waals surface area (Å²) in [5.41, 5.74) is 4.08. The molecule has 4 nitrogen and oxygen atoms in total. The molecule has 0 fully saturated rings. The van der Waals surface area contributed by atoms with Gasteiger partial charge in [0, 0.05) is 29.9 Å². The zero-order valence-electron chi connectivity index (χ0n) is 11.6. The predicted octanol–water partition coefficient (Wildman–Crippen LogP) is 3.43. The van der Waals surface area contributed by atoms with Crippen molar-refractivity contribution in [1.82, 2.24) is 15.0 Å². The molecule has 0 radical (unpaired) electrons. The summed E-state index contributed by atoms with van der Waals surface area (Å²) < 4.78 is 0. The fourth-order valence-electron chi connectivity index (χ4n) is 2.27. The Hall–Kier alpha value is -2.49. The van der Waals surface area contributed by atoms with Gasteiger partial charge in [-0.25, -0.2) is 9.97 Å². The first-order valence-electron chi connectivity index (χ1n) is 6.71. The van der Waals surface area contributed by atoms with Crippen molar-refractivity contribution in [2.75, 3.05) is 11.9 Å². The SMILES string of the molecule is CCNc1ncc(C)c(-c2cccc3ncccc23)n1. The fraction of sp³-hybridized carbons (Fsp3) is 0.188. The molecule has 3 rings (SSSR count). The lowest BCUT2D eigenvalue weighted by atomic mass is 10.0. The summed E-state index contributed by atoms with van der Waals surface area (Å²) in [4.78, 5) is 13.3. The van der Waals surface area contributed by atoms with E-state index in [1.807, 2.05) is 44.4 Å². The molecule has 3 aromatic rings. The number of anilines is 1. The van der Waals surface area contributed by atoms with E-state index in [0.29, 0.717) is 5.95 Å². The highest BCUT2D eigenvalue weighted by Crippen LogP contribution is 2.28. The third-order valence-electron chi connectivity index (χ3n) is 3.21. The number of aromatic nitrogens is 3. The van der Waals surface area contributed by atoms with Crippen LogP contribution in [0, 0.1) is 6.92 Å². The molecular weight excluding hydrogens is 248 g/mol. The molecule has 2 aromatic heterocycles. The van der Waals surface area contributed by atoms with Gasteiger partial charge in [-0.05, 0) is 31.5 Å². The fourth-order valence-corrected chi connectivity index (χ4v) is 2.27. The van der Waals surface area contributed by atoms with Crippen LogP contribution < -0.4 is 5.32 Å². The Kier molecular flexibility index (Phi) is 3.29. The Morgan fingerprint density at radius 3 is 2.85 bits per heavy atom. The molecule has 0 unspecified atom stereocenters. The average Bonchev–Trinajstić information content (AvgIpc) is 2.49. The molecule has 0 spiro atoms. The smallest absolute Gasteiger partial charge is 0.223 e. The molecule has 1 N–H and O–H groups in total. The van der Waals surface area contributed by atoms with E-state index < -0.39 is 0 Å². The van der Waals surface area contributed by atoms with Crippen LogP contribution in [0.1, 0.15) is 12.5 Å². The molecule has 0 aliphatic heterocycles. The van der Waals surface area contributed by atoms with Crippen LogP contribution in [0.4, 0.5) is 5.95 Å². The number of aryl methyl sites for hydroxylation is 1. The van der Waals surface area contributed by atoms with E-state index in [1.54, 1.807) is 0 Å². The summed E-state index contributed by atoms with van der Waals surface area (Å²) in [6, 6.07) is 10.1. The van der Waals surface area contributed by atoms with E-state index in [4.69, 9.17) is 0 Å². The Bertz CT molecular complexity index is 747. The number of rotatable bonds is 3. The second kappa shape index (κ2) is 5.25. The van der Waals surface area contributed by atoms with Gasteiger partial charge >= 0.3 is 0 Å². The molecule has 1 aromatic carbocycles. The molecule has 0 amide bonds. The lowest BCUT2D eigenvalue weighted by Crippen LogP contribution is -2.03. The van der Waals surface area contributed by atoms with Crippen molar-refractivity contribution in [3.05, 3.63) is 48.3 Å². The molecule has 0 saturated heterocycles. The zero-order valence-corrected chi connectivity index (χ0v) is 11.6. The van der Waals surface area contributed by atoms with Gasteiger partial charge in [-0.2, -0.15) is 0 Å². The number of pyridine rings is 1. The van der Waals surface area contributed by atoms with Gasteiger partial charge in [-0.1, -0.05) is 18.2 Å². The number of hydrogen-bond donors (Lipinski definition) is 1. The first kappa shape index (κ1) is 12.5. The Balaban J connectivity index is 2.22. The summed E-state index contributed by atoms with van der Waals surface area (Å²) in [5, 5.41) is 4.27. The maximum atomic E-state index is 4.63. The molecule has 2 heterocycles. The van der Waals surface area contributed by atoms with Crippen LogP contribution in [-0.2, 0) is 0 Å². The van der Waals surface area contributed by atoms with Crippen molar-refractivity contribution in [3.8, 4) is 11.3 Å². The van der Waals surface area contributed by atoms with Crippen LogP contribution in [0.15, 0.2) is 42.7 Å². The van der Waals surface area contributed by atoms with Gasteiger partial charge in [-0.3, -0.25) is 4.98 Å². The number of benzene rings is 1. The Morgan fingerprint density at radius 1 is 1.10 bits per heavy atom. The lowest BCUT2D eigenvalue weighted by Gasteiger charge is -2.10. The number of hydrogen-bond acceptors (Lipinski definition) is 4. The van der Waals surface area contributed by atoms with Crippen molar-refractivity contribution in [1.29, 1.82) is 0 Å². The molecule has 0 aliphatic carbocycles. The zero-order chi connectivity index (χ0) is 13.9. The van der Waals surface area contributed by atoms with Crippen molar-refractivity contribution in [2.24, 2.45) is 0 Å². The number of fused-ring (bicyclic) bond motifs is 1. The van der Waals surface area contributed by atoms with Crippen LogP contribution in [0.2, 0.25) is 0 Å². The molecule has 20 heavy (non-hydrogen) atoms. The van der Waals surface area contributed by atoms with E-state index in [1.165, 1.54) is 0 Å². The lowest BCUT2D eigenvalue weighted by molar-refractivity contribution is 1.07. The summed E-state index contributed by atoms with van der Waals surface area (Å²) in [7, 11) is 0. The summed E-state index contributed by atoms with van der Waals surface area (Å²) in [5.74, 6) is 0.661. The van der Waals surface area contributed by atoms with E-state index in [9.17, 15) is 0 Å². The van der Waals surface area contributed by atoms with Gasteiger partial charge in [0.25, 0.3) is 0 Å². The third-order valence-corrected chi connectivity index (χ3v) is 3.21. The summed E-state index contributed by atoms with van der Waals surface area (Å²) >= 11 is 0. The third kappa shape index (κ3) is 2.20. The molecule has 4 heteroatoms. The Labute approximate surface area is 117 Å². The average molecular weight is 264 g/mol. The van der Waals surface area contributed by atoms with E-state index in [0.717, 1.165) is 34.3 Å². The molecular formula is C16H16N4. The van der Waals surface area contributed by atoms with Gasteiger partial charge in [-0.15, -0.1) is 0 Å². The van der Waals surface area contributed by atoms with E-state index in [2.05, 4.69) is 32.4 Å². The van der Waals surface area contributed by atoms with Crippen molar-refractivity contribution in [3.63, 3.8) is 0 Å². The minimum atomic E-state index is 0.661. The molecule has 0 bridgehead atoms. The van der Waals surface area contributed by atoms with Gasteiger partial charge in [0.15, 0.2) is 0 Å². The van der Waals surface area contributed by atoms with Crippen LogP contribution >= 0.6 is 0 Å². The van der Waals surface area contributed by atoms with Gasteiger partial charge < -0.3 is 5.32 Å². The molecule has 100 valence electrons.